The zero-order valence-corrected chi connectivity index (χ0v) is 79.5. The molecule has 0 spiro atoms. The van der Waals surface area contributed by atoms with Gasteiger partial charge in [-0.1, -0.05) is 172 Å². The summed E-state index contributed by atoms with van der Waals surface area (Å²) < 4.78 is 0. The van der Waals surface area contributed by atoms with E-state index in [0.29, 0.717) is 0 Å². The van der Waals surface area contributed by atoms with Crippen LogP contribution in [0.1, 0.15) is 119 Å². The monoisotopic (exact) mass is 1830 g/mol. The van der Waals surface area contributed by atoms with Crippen molar-refractivity contribution < 1.29 is 393 Å². The molecule has 0 saturated heterocycles. The first kappa shape index (κ1) is 113. The van der Waals surface area contributed by atoms with Crippen LogP contribution in [0.4, 0.5) is 0 Å². The summed E-state index contributed by atoms with van der Waals surface area (Å²) in [4.78, 5) is 0. The molecule has 0 unspecified atom stereocenters. The number of fused-ring (bicyclic) bond motifs is 12. The molecule has 4 aliphatic rings. The van der Waals surface area contributed by atoms with E-state index in [1.165, 1.54) is 108 Å². The van der Waals surface area contributed by atoms with Crippen LogP contribution >= 0.6 is 0 Å². The molecule has 0 N–H and O–H groups in total. The number of rotatable bonds is 0. The molecule has 0 fully saturated rings. The molecule has 0 nitrogen and oxygen atoms in total. The predicted octanol–water partition coefficient (Wildman–Crippen LogP) is 17.6. The largest absolute Gasteiger partial charge is 0.358 e. The Kier molecular flexibility index (Phi) is 102. The molecule has 0 saturated carbocycles. The first-order valence-electron chi connectivity index (χ1n) is 19.7. The van der Waals surface area contributed by atoms with Crippen LogP contribution in [0, 0.1) is 44.6 Å². The summed E-state index contributed by atoms with van der Waals surface area (Å²) in [6.07, 6.45) is 8.09. The molecular weight excluding hydrogens is 1750 g/mol. The molecule has 0 atom stereocenters. The third-order valence-electron chi connectivity index (χ3n) is 9.41. The summed E-state index contributed by atoms with van der Waals surface area (Å²) in [5, 5.41) is 0. The second-order valence-electron chi connectivity index (χ2n) is 13.8. The zero-order chi connectivity index (χ0) is 36.3. The van der Waals surface area contributed by atoms with E-state index >= 15 is 0 Å². The minimum absolute atomic E-state index is 0. The van der Waals surface area contributed by atoms with E-state index in [-0.39, 0.29) is 437 Å². The summed E-state index contributed by atoms with van der Waals surface area (Å²) in [6, 6.07) is 45.0. The van der Waals surface area contributed by atoms with Crippen molar-refractivity contribution in [2.24, 2.45) is 0 Å². The van der Waals surface area contributed by atoms with Gasteiger partial charge in [0.1, 0.15) is 0 Å². The quantitative estimate of drug-likeness (QED) is 0.133. The van der Waals surface area contributed by atoms with Gasteiger partial charge in [-0.3, -0.25) is 0 Å². The van der Waals surface area contributed by atoms with Crippen molar-refractivity contribution in [1.29, 1.82) is 0 Å². The average molecular weight is 1830 g/mol. The maximum Gasteiger partial charge on any atom is 0 e. The summed E-state index contributed by atoms with van der Waals surface area (Å²) in [5.41, 5.74) is 23.4. The molecule has 10 rings (SSSR count). The Morgan fingerprint density at radius 3 is 0.507 bits per heavy atom. The van der Waals surface area contributed by atoms with Gasteiger partial charge in [0.05, 0.1) is 0 Å². The van der Waals surface area contributed by atoms with Crippen molar-refractivity contribution in [3.63, 3.8) is 0 Å². The Morgan fingerprint density at radius 1 is 0.232 bits per heavy atom. The molecule has 69 heavy (non-hydrogen) atoms. The predicted molar refractivity (Wildman–Crippen MR) is 264 cm³/mol. The standard InChI is InChI=1S/2C20H14.3C3H8.C2H6.6CH3.12Y/c2*1-3-7-17-13(5-1)9-15-11-20-16(12-19(15)17)10-14-6-2-4-8-18(14)20;3*1-3-2;1-2;;;;;;;;;;;;;;;;;;/h2*1-8,11-12H,9-10H2;3*3H2,1-2H3;1-2H3;6*1H3;;;;;;;;;;;;/q;;;;;;6*-1;;;;;;;;;;;;. The SMILES string of the molecule is CC.CCC.CCC.CCC.[CH3-].[CH3-].[CH3-].[CH3-].[CH3-].[CH3-].[Y].[Y].[Y].[Y].[Y].[Y].[Y].[Y].[Y].[Y].[Y].[Y].c1ccc2c(c1)Cc1cc3c(cc1-2)Cc1ccccc1-3.c1ccc2c(c1)Cc1cc3c(cc1-2)Cc1ccccc1-3. The van der Waals surface area contributed by atoms with Gasteiger partial charge in [-0.25, -0.2) is 0 Å². The minimum atomic E-state index is 0. The molecule has 0 bridgehead atoms. The van der Waals surface area contributed by atoms with Crippen LogP contribution in [0.25, 0.3) is 44.5 Å². The van der Waals surface area contributed by atoms with Crippen LogP contribution in [-0.2, 0) is 418 Å². The van der Waals surface area contributed by atoms with Crippen molar-refractivity contribution in [2.75, 3.05) is 0 Å². The van der Waals surface area contributed by atoms with E-state index in [1.807, 2.05) is 13.8 Å². The van der Waals surface area contributed by atoms with E-state index < -0.39 is 0 Å². The van der Waals surface area contributed by atoms with Gasteiger partial charge in [0.15, 0.2) is 0 Å². The fraction of sp³-hybridized carbons (Fsp3) is 0.263. The van der Waals surface area contributed by atoms with Gasteiger partial charge < -0.3 is 44.6 Å². The summed E-state index contributed by atoms with van der Waals surface area (Å²) in [6.45, 7) is 16.8. The van der Waals surface area contributed by atoms with Gasteiger partial charge in [-0.05, 0) is 139 Å². The maximum atomic E-state index is 2.43. The molecule has 0 aromatic heterocycles. The van der Waals surface area contributed by atoms with Crippen molar-refractivity contribution in [2.45, 2.75) is 100 Å². The molecule has 0 aliphatic heterocycles. The second kappa shape index (κ2) is 62.6. The van der Waals surface area contributed by atoms with Crippen molar-refractivity contribution in [3.8, 4) is 44.5 Å². The Hall–Kier alpha value is 8.57. The Labute approximate surface area is 730 Å². The number of hydrogen-bond donors (Lipinski definition) is 0. The normalized spacial score (nSPS) is 8.75. The second-order valence-corrected chi connectivity index (χ2v) is 13.8. The first-order chi connectivity index (χ1) is 25.0. The van der Waals surface area contributed by atoms with Gasteiger partial charge in [-0.15, -0.1) is 0 Å². The van der Waals surface area contributed by atoms with Crippen LogP contribution in [0.3, 0.4) is 0 Å². The Bertz CT molecular complexity index is 1800. The molecular formula is C57H76Y12-6. The molecule has 6 aromatic carbocycles. The van der Waals surface area contributed by atoms with Crippen LogP contribution in [-0.4, -0.2) is 0 Å². The van der Waals surface area contributed by atoms with Gasteiger partial charge in [-0.2, -0.15) is 0 Å². The van der Waals surface area contributed by atoms with Gasteiger partial charge >= 0.3 is 0 Å². The van der Waals surface area contributed by atoms with Gasteiger partial charge in [0.25, 0.3) is 0 Å². The number of hydrogen-bond acceptors (Lipinski definition) is 0. The maximum absolute atomic E-state index is 2.43. The smallest absolute Gasteiger partial charge is 0 e. The van der Waals surface area contributed by atoms with Crippen LogP contribution in [0.2, 0.25) is 0 Å². The molecule has 6 aromatic rings. The molecule has 0 amide bonds. The molecule has 4 aliphatic carbocycles. The third kappa shape index (κ3) is 31.3. The molecule has 0 heterocycles. The third-order valence-corrected chi connectivity index (χ3v) is 9.41. The zero-order valence-electron chi connectivity index (χ0n) is 45.4. The molecule has 12 heteroatoms. The minimum Gasteiger partial charge on any atom is -0.358 e. The summed E-state index contributed by atoms with van der Waals surface area (Å²) in [7, 11) is 0. The first-order valence-corrected chi connectivity index (χ1v) is 19.7. The molecule has 346 valence electrons. The van der Waals surface area contributed by atoms with Crippen molar-refractivity contribution in [3.05, 3.63) is 210 Å². The molecule has 12 radical (unpaired) electrons. The van der Waals surface area contributed by atoms with Crippen LogP contribution < -0.4 is 0 Å². The number of benzene rings is 6. The summed E-state index contributed by atoms with van der Waals surface area (Å²) >= 11 is 0. The Morgan fingerprint density at radius 2 is 0.362 bits per heavy atom. The van der Waals surface area contributed by atoms with E-state index in [2.05, 4.69) is 163 Å². The average Bonchev–Trinajstić information content (AvgIpc) is 3.91. The van der Waals surface area contributed by atoms with Crippen LogP contribution in [0.15, 0.2) is 121 Å². The van der Waals surface area contributed by atoms with E-state index in [0.717, 1.165) is 25.7 Å². The van der Waals surface area contributed by atoms with Crippen molar-refractivity contribution in [1.82, 2.24) is 0 Å². The van der Waals surface area contributed by atoms with E-state index in [4.69, 9.17) is 0 Å². The van der Waals surface area contributed by atoms with Gasteiger partial charge in [0.2, 0.25) is 0 Å². The topological polar surface area (TPSA) is 0 Å². The fourth-order valence-corrected chi connectivity index (χ4v) is 7.54. The van der Waals surface area contributed by atoms with E-state index in [1.54, 1.807) is 0 Å². The van der Waals surface area contributed by atoms with E-state index in [9.17, 15) is 0 Å². The van der Waals surface area contributed by atoms with Crippen LogP contribution in [0.5, 0.6) is 0 Å². The fourth-order valence-electron chi connectivity index (χ4n) is 7.54. The van der Waals surface area contributed by atoms with Crippen molar-refractivity contribution >= 4 is 0 Å². The van der Waals surface area contributed by atoms with Gasteiger partial charge in [0, 0.05) is 393 Å². The Balaban J connectivity index is -0.0000000497. The summed E-state index contributed by atoms with van der Waals surface area (Å²) in [5.74, 6) is 0.